The van der Waals surface area contributed by atoms with Crippen molar-refractivity contribution < 1.29 is 19.1 Å². The molecule has 1 aliphatic carbocycles. The number of amides is 1. The normalized spacial score (nSPS) is 24.9. The highest BCUT2D eigenvalue weighted by Crippen LogP contribution is 2.32. The number of nitrogens with one attached hydrogen (secondary N) is 1. The molecule has 0 aromatic carbocycles. The van der Waals surface area contributed by atoms with Crippen molar-refractivity contribution in [2.75, 3.05) is 26.4 Å². The van der Waals surface area contributed by atoms with E-state index in [1.165, 1.54) is 5.56 Å². The maximum Gasteiger partial charge on any atom is 0.287 e. The standard InChI is InChI=1S/C15H21NO4/c17-6-4-15(5-7-19-10-15)9-16-14(18)13-12-3-1-2-11(12)8-20-13/h8,17H,1-7,9-10H2,(H,16,18). The van der Waals surface area contributed by atoms with Crippen LogP contribution >= 0.6 is 0 Å². The Kier molecular flexibility index (Phi) is 3.81. The molecule has 1 aliphatic heterocycles. The van der Waals surface area contributed by atoms with Gasteiger partial charge in [0, 0.05) is 30.7 Å². The first-order chi connectivity index (χ1) is 9.74. The van der Waals surface area contributed by atoms with Crippen molar-refractivity contribution in [3.8, 4) is 0 Å². The van der Waals surface area contributed by atoms with E-state index in [2.05, 4.69) is 5.32 Å². The number of hydrogen-bond acceptors (Lipinski definition) is 4. The van der Waals surface area contributed by atoms with Gasteiger partial charge in [0.25, 0.3) is 5.91 Å². The third kappa shape index (κ3) is 2.47. The number of carbonyl (C=O) groups is 1. The van der Waals surface area contributed by atoms with Gasteiger partial charge in [-0.1, -0.05) is 0 Å². The molecule has 1 unspecified atom stereocenters. The molecular formula is C15H21NO4. The summed E-state index contributed by atoms with van der Waals surface area (Å²) in [6.45, 7) is 1.95. The average molecular weight is 279 g/mol. The second-order valence-corrected chi connectivity index (χ2v) is 5.88. The van der Waals surface area contributed by atoms with E-state index in [1.54, 1.807) is 6.26 Å². The van der Waals surface area contributed by atoms with Gasteiger partial charge in [-0.05, 0) is 37.7 Å². The summed E-state index contributed by atoms with van der Waals surface area (Å²) in [6, 6.07) is 0. The van der Waals surface area contributed by atoms with E-state index in [0.717, 1.165) is 31.2 Å². The van der Waals surface area contributed by atoms with Crippen LogP contribution in [0.15, 0.2) is 10.7 Å². The van der Waals surface area contributed by atoms with Crippen molar-refractivity contribution in [3.05, 3.63) is 23.2 Å². The van der Waals surface area contributed by atoms with Gasteiger partial charge in [-0.3, -0.25) is 4.79 Å². The van der Waals surface area contributed by atoms with Gasteiger partial charge in [-0.2, -0.15) is 0 Å². The third-order valence-electron chi connectivity index (χ3n) is 4.51. The fourth-order valence-electron chi connectivity index (χ4n) is 3.21. The van der Waals surface area contributed by atoms with Crippen molar-refractivity contribution in [3.63, 3.8) is 0 Å². The summed E-state index contributed by atoms with van der Waals surface area (Å²) in [7, 11) is 0. The molecule has 1 fully saturated rings. The van der Waals surface area contributed by atoms with Crippen molar-refractivity contribution in [1.82, 2.24) is 5.32 Å². The van der Waals surface area contributed by atoms with E-state index in [9.17, 15) is 9.90 Å². The maximum absolute atomic E-state index is 12.3. The van der Waals surface area contributed by atoms with Crippen LogP contribution < -0.4 is 5.32 Å². The van der Waals surface area contributed by atoms with Crippen LogP contribution in [0.1, 0.15) is 40.9 Å². The van der Waals surface area contributed by atoms with E-state index < -0.39 is 0 Å². The Balaban J connectivity index is 1.64. The molecule has 3 rings (SSSR count). The van der Waals surface area contributed by atoms with E-state index in [0.29, 0.717) is 31.9 Å². The Morgan fingerprint density at radius 1 is 1.45 bits per heavy atom. The molecule has 110 valence electrons. The zero-order valence-electron chi connectivity index (χ0n) is 11.6. The lowest BCUT2D eigenvalue weighted by atomic mass is 9.84. The summed E-state index contributed by atoms with van der Waals surface area (Å²) in [4.78, 5) is 12.3. The highest BCUT2D eigenvalue weighted by molar-refractivity contribution is 5.93. The molecule has 1 saturated heterocycles. The SMILES string of the molecule is O=C(NCC1(CCO)CCOC1)c1occ2c1CCC2. The molecule has 20 heavy (non-hydrogen) atoms. The lowest BCUT2D eigenvalue weighted by Gasteiger charge is -2.26. The summed E-state index contributed by atoms with van der Waals surface area (Å²) in [5.74, 6) is 0.327. The summed E-state index contributed by atoms with van der Waals surface area (Å²) >= 11 is 0. The second kappa shape index (κ2) is 5.58. The molecule has 2 heterocycles. The van der Waals surface area contributed by atoms with Gasteiger partial charge in [0.2, 0.25) is 0 Å². The zero-order valence-corrected chi connectivity index (χ0v) is 11.6. The van der Waals surface area contributed by atoms with E-state index in [4.69, 9.17) is 9.15 Å². The minimum absolute atomic E-state index is 0.120. The van der Waals surface area contributed by atoms with Crippen LogP contribution in [0.25, 0.3) is 0 Å². The smallest absolute Gasteiger partial charge is 0.287 e. The number of aliphatic hydroxyl groups excluding tert-OH is 1. The number of aliphatic hydroxyl groups is 1. The number of hydrogen-bond donors (Lipinski definition) is 2. The van der Waals surface area contributed by atoms with Crippen LogP contribution in [0.2, 0.25) is 0 Å². The van der Waals surface area contributed by atoms with E-state index in [-0.39, 0.29) is 17.9 Å². The molecule has 1 amide bonds. The first-order valence-electron chi connectivity index (χ1n) is 7.30. The Morgan fingerprint density at radius 2 is 2.35 bits per heavy atom. The monoisotopic (exact) mass is 279 g/mol. The Hall–Kier alpha value is -1.33. The van der Waals surface area contributed by atoms with Crippen molar-refractivity contribution in [1.29, 1.82) is 0 Å². The van der Waals surface area contributed by atoms with Gasteiger partial charge < -0.3 is 19.6 Å². The summed E-state index contributed by atoms with van der Waals surface area (Å²) in [5, 5.41) is 12.1. The van der Waals surface area contributed by atoms with Crippen LogP contribution in [0.5, 0.6) is 0 Å². The topological polar surface area (TPSA) is 71.7 Å². The molecule has 1 atom stereocenters. The fourth-order valence-corrected chi connectivity index (χ4v) is 3.21. The molecule has 0 spiro atoms. The third-order valence-corrected chi connectivity index (χ3v) is 4.51. The predicted molar refractivity (Wildman–Crippen MR) is 72.6 cm³/mol. The number of aryl methyl sites for hydroxylation is 1. The quantitative estimate of drug-likeness (QED) is 0.852. The average Bonchev–Trinajstić information content (AvgIpc) is 3.13. The Morgan fingerprint density at radius 3 is 3.10 bits per heavy atom. The lowest BCUT2D eigenvalue weighted by Crippen LogP contribution is -2.38. The summed E-state index contributed by atoms with van der Waals surface area (Å²) in [6.07, 6.45) is 6.28. The molecule has 1 aromatic heterocycles. The number of rotatable bonds is 5. The highest BCUT2D eigenvalue weighted by atomic mass is 16.5. The second-order valence-electron chi connectivity index (χ2n) is 5.88. The molecule has 5 nitrogen and oxygen atoms in total. The van der Waals surface area contributed by atoms with Gasteiger partial charge in [0.1, 0.15) is 0 Å². The number of fused-ring (bicyclic) bond motifs is 1. The summed E-state index contributed by atoms with van der Waals surface area (Å²) < 4.78 is 10.8. The summed E-state index contributed by atoms with van der Waals surface area (Å²) in [5.41, 5.74) is 2.12. The van der Waals surface area contributed by atoms with Gasteiger partial charge >= 0.3 is 0 Å². The van der Waals surface area contributed by atoms with Crippen LogP contribution in [-0.4, -0.2) is 37.4 Å². The fraction of sp³-hybridized carbons (Fsp3) is 0.667. The van der Waals surface area contributed by atoms with Gasteiger partial charge in [-0.25, -0.2) is 0 Å². The van der Waals surface area contributed by atoms with E-state index in [1.807, 2.05) is 0 Å². The highest BCUT2D eigenvalue weighted by Gasteiger charge is 2.35. The number of furan rings is 1. The number of ether oxygens (including phenoxy) is 1. The molecule has 5 heteroatoms. The number of carbonyl (C=O) groups excluding carboxylic acids is 1. The van der Waals surface area contributed by atoms with Gasteiger partial charge in [0.05, 0.1) is 12.9 Å². The van der Waals surface area contributed by atoms with E-state index >= 15 is 0 Å². The molecule has 0 radical (unpaired) electrons. The molecule has 0 bridgehead atoms. The van der Waals surface area contributed by atoms with Crippen molar-refractivity contribution in [2.24, 2.45) is 5.41 Å². The maximum atomic E-state index is 12.3. The van der Waals surface area contributed by atoms with Gasteiger partial charge in [-0.15, -0.1) is 0 Å². The first kappa shape index (κ1) is 13.6. The largest absolute Gasteiger partial charge is 0.459 e. The minimum atomic E-state index is -0.141. The molecule has 2 N–H and O–H groups in total. The molecule has 0 saturated carbocycles. The predicted octanol–water partition coefficient (Wildman–Crippen LogP) is 1.29. The Bertz CT molecular complexity index is 488. The van der Waals surface area contributed by atoms with Crippen molar-refractivity contribution in [2.45, 2.75) is 32.1 Å². The lowest BCUT2D eigenvalue weighted by molar-refractivity contribution is 0.0862. The Labute approximate surface area is 118 Å². The van der Waals surface area contributed by atoms with Gasteiger partial charge in [0.15, 0.2) is 5.76 Å². The van der Waals surface area contributed by atoms with Crippen molar-refractivity contribution >= 4 is 5.91 Å². The molecule has 2 aliphatic rings. The first-order valence-corrected chi connectivity index (χ1v) is 7.30. The van der Waals surface area contributed by atoms with Crippen LogP contribution in [0.3, 0.4) is 0 Å². The minimum Gasteiger partial charge on any atom is -0.459 e. The molecule has 1 aromatic rings. The van der Waals surface area contributed by atoms with Crippen LogP contribution in [-0.2, 0) is 17.6 Å². The van der Waals surface area contributed by atoms with Crippen LogP contribution in [0.4, 0.5) is 0 Å². The molecular weight excluding hydrogens is 258 g/mol. The van der Waals surface area contributed by atoms with Crippen LogP contribution in [0, 0.1) is 5.41 Å². The zero-order chi connectivity index (χ0) is 14.0.